The van der Waals surface area contributed by atoms with Crippen molar-refractivity contribution in [3.63, 3.8) is 0 Å². The number of rotatable bonds is 5. The lowest BCUT2D eigenvalue weighted by Crippen LogP contribution is -2.28. The molecule has 0 saturated heterocycles. The molecule has 2 aromatic rings. The fourth-order valence-corrected chi connectivity index (χ4v) is 2.63. The molecular weight excluding hydrogens is 323 g/mol. The van der Waals surface area contributed by atoms with E-state index in [1.54, 1.807) is 18.2 Å². The summed E-state index contributed by atoms with van der Waals surface area (Å²) in [6.45, 7) is 2.33. The number of carbonyl (C=O) groups excluding carboxylic acids is 2. The highest BCUT2D eigenvalue weighted by molar-refractivity contribution is 6.36. The highest BCUT2D eigenvalue weighted by Gasteiger charge is 2.37. The number of hydrogen-bond donors (Lipinski definition) is 1. The number of benzene rings is 2. The van der Waals surface area contributed by atoms with Crippen molar-refractivity contribution < 1.29 is 18.7 Å². The molecule has 1 aliphatic rings. The fourth-order valence-electron chi connectivity index (χ4n) is 2.63. The van der Waals surface area contributed by atoms with Gasteiger partial charge in [-0.1, -0.05) is 24.3 Å². The Morgan fingerprint density at radius 3 is 2.40 bits per heavy atom. The van der Waals surface area contributed by atoms with Crippen molar-refractivity contribution in [2.75, 3.05) is 19.0 Å². The summed E-state index contributed by atoms with van der Waals surface area (Å²) in [6, 6.07) is 12.6. The maximum Gasteiger partial charge on any atom is 0.277 e. The number of hydrogen-bond acceptors (Lipinski definition) is 4. The second kappa shape index (κ2) is 6.76. The SMILES string of the molecule is CCOc1ccccc1NC1=C(c2ccc(F)cc2)C(=O)N(C)C1=O. The minimum atomic E-state index is -0.448. The van der Waals surface area contributed by atoms with Crippen LogP contribution in [0.3, 0.4) is 0 Å². The largest absolute Gasteiger partial charge is 0.492 e. The molecule has 0 aliphatic carbocycles. The van der Waals surface area contributed by atoms with Gasteiger partial charge in [0, 0.05) is 7.05 Å². The van der Waals surface area contributed by atoms with Gasteiger partial charge in [-0.05, 0) is 36.8 Å². The molecule has 2 aromatic carbocycles. The van der Waals surface area contributed by atoms with E-state index in [2.05, 4.69) is 5.32 Å². The van der Waals surface area contributed by atoms with E-state index in [1.165, 1.54) is 31.3 Å². The average molecular weight is 340 g/mol. The Kier molecular flexibility index (Phi) is 4.52. The van der Waals surface area contributed by atoms with Crippen molar-refractivity contribution in [3.8, 4) is 5.75 Å². The topological polar surface area (TPSA) is 58.6 Å². The van der Waals surface area contributed by atoms with E-state index in [0.717, 1.165) is 4.90 Å². The molecule has 0 radical (unpaired) electrons. The summed E-state index contributed by atoms with van der Waals surface area (Å²) in [6.07, 6.45) is 0. The van der Waals surface area contributed by atoms with E-state index >= 15 is 0 Å². The van der Waals surface area contributed by atoms with Crippen molar-refractivity contribution in [2.24, 2.45) is 0 Å². The molecule has 0 saturated carbocycles. The molecule has 1 aliphatic heterocycles. The summed E-state index contributed by atoms with van der Waals surface area (Å²) in [7, 11) is 1.41. The molecule has 0 atom stereocenters. The van der Waals surface area contributed by atoms with Gasteiger partial charge >= 0.3 is 0 Å². The maximum atomic E-state index is 13.2. The Hall–Kier alpha value is -3.15. The monoisotopic (exact) mass is 340 g/mol. The number of nitrogens with zero attached hydrogens (tertiary/aromatic N) is 1. The number of halogens is 1. The van der Waals surface area contributed by atoms with Gasteiger partial charge in [0.25, 0.3) is 11.8 Å². The maximum absolute atomic E-state index is 13.2. The van der Waals surface area contributed by atoms with Crippen LogP contribution in [0.4, 0.5) is 10.1 Å². The van der Waals surface area contributed by atoms with Gasteiger partial charge < -0.3 is 10.1 Å². The lowest BCUT2D eigenvalue weighted by atomic mass is 10.0. The molecule has 5 nitrogen and oxygen atoms in total. The van der Waals surface area contributed by atoms with Crippen molar-refractivity contribution in [1.82, 2.24) is 4.90 Å². The van der Waals surface area contributed by atoms with Gasteiger partial charge in [0.15, 0.2) is 0 Å². The van der Waals surface area contributed by atoms with E-state index in [9.17, 15) is 14.0 Å². The van der Waals surface area contributed by atoms with Crippen LogP contribution >= 0.6 is 0 Å². The molecule has 25 heavy (non-hydrogen) atoms. The van der Waals surface area contributed by atoms with Crippen molar-refractivity contribution in [2.45, 2.75) is 6.92 Å². The highest BCUT2D eigenvalue weighted by atomic mass is 19.1. The Morgan fingerprint density at radius 2 is 1.72 bits per heavy atom. The first kappa shape index (κ1) is 16.7. The first-order chi connectivity index (χ1) is 12.0. The third-order valence-corrected chi connectivity index (χ3v) is 3.87. The molecular formula is C19H17FN2O3. The zero-order chi connectivity index (χ0) is 18.0. The summed E-state index contributed by atoms with van der Waals surface area (Å²) in [5, 5.41) is 3.02. The van der Waals surface area contributed by atoms with Crippen LogP contribution in [0.25, 0.3) is 5.57 Å². The number of para-hydroxylation sites is 2. The lowest BCUT2D eigenvalue weighted by Gasteiger charge is -2.13. The van der Waals surface area contributed by atoms with Crippen LogP contribution in [0.1, 0.15) is 12.5 Å². The molecule has 0 unspecified atom stereocenters. The van der Waals surface area contributed by atoms with E-state index in [4.69, 9.17) is 4.74 Å². The van der Waals surface area contributed by atoms with Crippen molar-refractivity contribution in [1.29, 1.82) is 0 Å². The zero-order valence-electron chi connectivity index (χ0n) is 13.9. The molecule has 0 fully saturated rings. The first-order valence-electron chi connectivity index (χ1n) is 7.84. The van der Waals surface area contributed by atoms with Crippen LogP contribution in [0.15, 0.2) is 54.2 Å². The Bertz CT molecular complexity index is 859. The molecule has 3 rings (SSSR count). The second-order valence-corrected chi connectivity index (χ2v) is 5.48. The molecule has 6 heteroatoms. The minimum Gasteiger partial charge on any atom is -0.492 e. The van der Waals surface area contributed by atoms with Crippen LogP contribution in [-0.4, -0.2) is 30.4 Å². The van der Waals surface area contributed by atoms with E-state index < -0.39 is 17.6 Å². The fraction of sp³-hybridized carbons (Fsp3) is 0.158. The number of ether oxygens (including phenoxy) is 1. The average Bonchev–Trinajstić information content (AvgIpc) is 2.82. The van der Waals surface area contributed by atoms with Crippen LogP contribution in [0.2, 0.25) is 0 Å². The van der Waals surface area contributed by atoms with E-state index in [-0.39, 0.29) is 11.3 Å². The summed E-state index contributed by atoms with van der Waals surface area (Å²) >= 11 is 0. The van der Waals surface area contributed by atoms with Crippen molar-refractivity contribution >= 4 is 23.1 Å². The van der Waals surface area contributed by atoms with E-state index in [0.29, 0.717) is 23.6 Å². The third kappa shape index (κ3) is 3.10. The quantitative estimate of drug-likeness (QED) is 0.850. The van der Waals surface area contributed by atoms with Crippen molar-refractivity contribution in [3.05, 3.63) is 65.6 Å². The smallest absolute Gasteiger partial charge is 0.277 e. The van der Waals surface area contributed by atoms with Gasteiger partial charge in [0.05, 0.1) is 17.9 Å². The van der Waals surface area contributed by atoms with Gasteiger partial charge in [0.2, 0.25) is 0 Å². The van der Waals surface area contributed by atoms with Crippen LogP contribution in [-0.2, 0) is 9.59 Å². The lowest BCUT2D eigenvalue weighted by molar-refractivity contribution is -0.135. The van der Waals surface area contributed by atoms with Gasteiger partial charge in [-0.25, -0.2) is 4.39 Å². The molecule has 0 spiro atoms. The van der Waals surface area contributed by atoms with E-state index in [1.807, 2.05) is 13.0 Å². The second-order valence-electron chi connectivity index (χ2n) is 5.48. The predicted molar refractivity (Wildman–Crippen MR) is 92.3 cm³/mol. The number of likely N-dealkylation sites (N-methyl/N-ethyl adjacent to an activating group) is 1. The van der Waals surface area contributed by atoms with Gasteiger partial charge in [-0.3, -0.25) is 14.5 Å². The Balaban J connectivity index is 2.07. The summed E-state index contributed by atoms with van der Waals surface area (Å²) < 4.78 is 18.7. The van der Waals surface area contributed by atoms with Gasteiger partial charge in [-0.2, -0.15) is 0 Å². The van der Waals surface area contributed by atoms with Crippen LogP contribution in [0.5, 0.6) is 5.75 Å². The third-order valence-electron chi connectivity index (χ3n) is 3.87. The molecule has 2 amide bonds. The number of nitrogens with one attached hydrogen (secondary N) is 1. The Morgan fingerprint density at radius 1 is 1.04 bits per heavy atom. The summed E-state index contributed by atoms with van der Waals surface area (Å²) in [5.41, 5.74) is 1.40. The van der Waals surface area contributed by atoms with Gasteiger partial charge in [-0.15, -0.1) is 0 Å². The molecule has 1 heterocycles. The van der Waals surface area contributed by atoms with Crippen LogP contribution in [0, 0.1) is 5.82 Å². The number of imide groups is 1. The standard InChI is InChI=1S/C19H17FN2O3/c1-3-25-15-7-5-4-6-14(15)21-17-16(18(23)22(2)19(17)24)12-8-10-13(20)11-9-12/h4-11,21H,3H2,1-2H3. The molecule has 0 aromatic heterocycles. The minimum absolute atomic E-state index is 0.145. The number of amides is 2. The summed E-state index contributed by atoms with van der Waals surface area (Å²) in [5.74, 6) is -0.722. The molecule has 1 N–H and O–H groups in total. The number of anilines is 1. The number of carbonyl (C=O) groups is 2. The first-order valence-corrected chi connectivity index (χ1v) is 7.84. The molecule has 128 valence electrons. The summed E-state index contributed by atoms with van der Waals surface area (Å²) in [4.78, 5) is 26.0. The normalized spacial score (nSPS) is 14.3. The zero-order valence-corrected chi connectivity index (χ0v) is 13.9. The van der Waals surface area contributed by atoms with Gasteiger partial charge in [0.1, 0.15) is 17.3 Å². The Labute approximate surface area is 144 Å². The van der Waals surface area contributed by atoms with Crippen LogP contribution < -0.4 is 10.1 Å². The molecule has 0 bridgehead atoms. The predicted octanol–water partition coefficient (Wildman–Crippen LogP) is 3.05. The highest BCUT2D eigenvalue weighted by Crippen LogP contribution is 2.32.